The molecule has 4 aliphatic rings. The molecule has 0 saturated heterocycles. The Kier molecular flexibility index (Phi) is 18.2. The standard InChI is InChI=1S/C47H76O8/c1-7-9-11-12-14-19-22-41(55-43(52)24-17-10-8-2)40(53-6)21-18-15-13-16-20-23-42(51)54-32-39(50)44-33(3)29-37-36-26-25-34-30-35(48)27-28-46(34,4)45(36)38(49)31-47(37,44)5/h27-28,30,33,36-38,40-41,44-45,49H,7-26,29,31-32H2,1-6H3/t33-,36?,37?,38?,40?,41?,44?,45?,46?,47?/m1/s1. The predicted octanol–water partition coefficient (Wildman–Crippen LogP) is 10.2. The van der Waals surface area contributed by atoms with Crippen LogP contribution < -0.4 is 0 Å². The van der Waals surface area contributed by atoms with E-state index >= 15 is 0 Å². The van der Waals surface area contributed by atoms with Gasteiger partial charge in [-0.05, 0) is 93.1 Å². The average molecular weight is 769 g/mol. The van der Waals surface area contributed by atoms with Crippen LogP contribution in [0.1, 0.15) is 176 Å². The molecular weight excluding hydrogens is 693 g/mol. The number of aliphatic hydroxyl groups is 1. The molecule has 3 fully saturated rings. The number of hydrogen-bond acceptors (Lipinski definition) is 8. The van der Waals surface area contributed by atoms with Crippen LogP contribution in [-0.2, 0) is 33.4 Å². The molecule has 1 N–H and O–H groups in total. The van der Waals surface area contributed by atoms with Crippen molar-refractivity contribution < 1.29 is 38.5 Å². The van der Waals surface area contributed by atoms with Gasteiger partial charge in [-0.25, -0.2) is 0 Å². The molecule has 0 spiro atoms. The van der Waals surface area contributed by atoms with Gasteiger partial charge < -0.3 is 19.3 Å². The van der Waals surface area contributed by atoms with Gasteiger partial charge >= 0.3 is 11.9 Å². The molecule has 3 saturated carbocycles. The van der Waals surface area contributed by atoms with Gasteiger partial charge in [-0.3, -0.25) is 19.2 Å². The third kappa shape index (κ3) is 11.9. The lowest BCUT2D eigenvalue weighted by atomic mass is 9.46. The molecule has 0 radical (unpaired) electrons. The number of fused-ring (bicyclic) bond motifs is 5. The third-order valence-corrected chi connectivity index (χ3v) is 14.3. The number of carbonyl (C=O) groups is 4. The Morgan fingerprint density at radius 3 is 2.15 bits per heavy atom. The number of aliphatic hydroxyl groups excluding tert-OH is 1. The number of esters is 2. The maximum absolute atomic E-state index is 13.8. The molecule has 8 nitrogen and oxygen atoms in total. The van der Waals surface area contributed by atoms with Crippen molar-refractivity contribution in [1.29, 1.82) is 0 Å². The summed E-state index contributed by atoms with van der Waals surface area (Å²) in [6.07, 6.45) is 25.1. The topological polar surface area (TPSA) is 116 Å². The van der Waals surface area contributed by atoms with Crippen LogP contribution >= 0.6 is 0 Å². The average Bonchev–Trinajstić information content (AvgIpc) is 3.42. The number of ketones is 2. The van der Waals surface area contributed by atoms with E-state index in [1.165, 1.54) is 25.7 Å². The van der Waals surface area contributed by atoms with Gasteiger partial charge in [0.1, 0.15) is 12.7 Å². The Bertz CT molecular complexity index is 1320. The second-order valence-electron chi connectivity index (χ2n) is 18.2. The molecule has 8 heteroatoms. The molecule has 0 aromatic heterocycles. The zero-order valence-corrected chi connectivity index (χ0v) is 35.4. The number of carbonyl (C=O) groups excluding carboxylic acids is 4. The number of allylic oxidation sites excluding steroid dienone is 4. The van der Waals surface area contributed by atoms with E-state index in [4.69, 9.17) is 14.2 Å². The van der Waals surface area contributed by atoms with E-state index in [2.05, 4.69) is 34.6 Å². The van der Waals surface area contributed by atoms with E-state index in [0.29, 0.717) is 25.2 Å². The van der Waals surface area contributed by atoms with Gasteiger partial charge in [0.25, 0.3) is 0 Å². The van der Waals surface area contributed by atoms with Gasteiger partial charge in [-0.2, -0.15) is 0 Å². The molecule has 0 aromatic carbocycles. The predicted molar refractivity (Wildman–Crippen MR) is 217 cm³/mol. The zero-order chi connectivity index (χ0) is 40.0. The van der Waals surface area contributed by atoms with E-state index in [0.717, 1.165) is 102 Å². The van der Waals surface area contributed by atoms with Crippen LogP contribution in [0.3, 0.4) is 0 Å². The van der Waals surface area contributed by atoms with Crippen LogP contribution in [0.25, 0.3) is 0 Å². The molecule has 9 unspecified atom stereocenters. The van der Waals surface area contributed by atoms with Crippen LogP contribution in [0, 0.1) is 40.4 Å². The van der Waals surface area contributed by atoms with Crippen LogP contribution in [0.2, 0.25) is 0 Å². The first-order valence-corrected chi connectivity index (χ1v) is 22.4. The molecule has 0 bridgehead atoms. The summed E-state index contributed by atoms with van der Waals surface area (Å²) in [6.45, 7) is 10.7. The molecule has 10 atom stereocenters. The van der Waals surface area contributed by atoms with Crippen molar-refractivity contribution in [1.82, 2.24) is 0 Å². The lowest BCUT2D eigenvalue weighted by molar-refractivity contribution is -0.157. The summed E-state index contributed by atoms with van der Waals surface area (Å²) in [7, 11) is 1.73. The Morgan fingerprint density at radius 2 is 1.45 bits per heavy atom. The van der Waals surface area contributed by atoms with E-state index < -0.39 is 6.10 Å². The second-order valence-corrected chi connectivity index (χ2v) is 18.2. The summed E-state index contributed by atoms with van der Waals surface area (Å²) in [6, 6.07) is 0. The van der Waals surface area contributed by atoms with E-state index in [1.54, 1.807) is 19.3 Å². The largest absolute Gasteiger partial charge is 0.460 e. The fourth-order valence-electron chi connectivity index (χ4n) is 11.5. The minimum absolute atomic E-state index is 0.0172. The monoisotopic (exact) mass is 769 g/mol. The maximum atomic E-state index is 13.8. The molecule has 312 valence electrons. The first kappa shape index (κ1) is 45.4. The van der Waals surface area contributed by atoms with Gasteiger partial charge in [-0.1, -0.05) is 117 Å². The summed E-state index contributed by atoms with van der Waals surface area (Å²) < 4.78 is 17.5. The van der Waals surface area contributed by atoms with Crippen molar-refractivity contribution in [2.45, 2.75) is 194 Å². The normalized spacial score (nSPS) is 30.8. The zero-order valence-electron chi connectivity index (χ0n) is 35.4. The number of Topliss-reactive ketones (excluding diaryl/α,β-unsaturated/α-hetero) is 1. The summed E-state index contributed by atoms with van der Waals surface area (Å²) in [5.74, 6) is 0.112. The number of rotatable bonds is 25. The van der Waals surface area contributed by atoms with Crippen LogP contribution in [0.15, 0.2) is 23.8 Å². The molecule has 55 heavy (non-hydrogen) atoms. The highest BCUT2D eigenvalue weighted by molar-refractivity contribution is 6.01. The highest BCUT2D eigenvalue weighted by Gasteiger charge is 2.64. The first-order chi connectivity index (χ1) is 26.4. The van der Waals surface area contributed by atoms with Crippen molar-refractivity contribution >= 4 is 23.5 Å². The van der Waals surface area contributed by atoms with Crippen LogP contribution in [0.5, 0.6) is 0 Å². The molecule has 0 aromatic rings. The molecular formula is C47H76O8. The Hall–Kier alpha value is -2.32. The summed E-state index contributed by atoms with van der Waals surface area (Å²) in [5.41, 5.74) is 0.459. The van der Waals surface area contributed by atoms with Crippen molar-refractivity contribution in [2.24, 2.45) is 40.4 Å². The number of methoxy groups -OCH3 is 1. The quantitative estimate of drug-likeness (QED) is 0.0721. The molecule has 4 rings (SSSR count). The number of hydrogen-bond donors (Lipinski definition) is 1. The van der Waals surface area contributed by atoms with Crippen molar-refractivity contribution in [3.8, 4) is 0 Å². The van der Waals surface area contributed by atoms with Gasteiger partial charge in [0.15, 0.2) is 11.6 Å². The highest BCUT2D eigenvalue weighted by atomic mass is 16.6. The molecule has 4 aliphatic carbocycles. The lowest BCUT2D eigenvalue weighted by Gasteiger charge is -2.58. The summed E-state index contributed by atoms with van der Waals surface area (Å²) in [4.78, 5) is 51.3. The maximum Gasteiger partial charge on any atom is 0.306 e. The third-order valence-electron chi connectivity index (χ3n) is 14.3. The second kappa shape index (κ2) is 22.0. The molecule has 0 heterocycles. The Morgan fingerprint density at radius 1 is 0.855 bits per heavy atom. The number of ether oxygens (including phenoxy) is 3. The van der Waals surface area contributed by atoms with Crippen LogP contribution in [-0.4, -0.2) is 60.6 Å². The van der Waals surface area contributed by atoms with Crippen molar-refractivity contribution in [3.05, 3.63) is 23.8 Å². The lowest BCUT2D eigenvalue weighted by Crippen LogP contribution is -2.56. The van der Waals surface area contributed by atoms with Gasteiger partial charge in [0.2, 0.25) is 0 Å². The van der Waals surface area contributed by atoms with E-state index in [-0.39, 0.29) is 76.8 Å². The SMILES string of the molecule is CCCCCCCCC(OC(=O)CCCCC)C(CCCCCCCC(=O)OCC(=O)C1[C@H](C)CC2C3CCC4=CC(=O)C=CC4(C)C3C(O)CC21C)OC. The van der Waals surface area contributed by atoms with Gasteiger partial charge in [0.05, 0.1) is 12.2 Å². The molecule has 0 aliphatic heterocycles. The van der Waals surface area contributed by atoms with Crippen molar-refractivity contribution in [3.63, 3.8) is 0 Å². The highest BCUT2D eigenvalue weighted by Crippen LogP contribution is 2.67. The van der Waals surface area contributed by atoms with Crippen molar-refractivity contribution in [2.75, 3.05) is 13.7 Å². The fourth-order valence-corrected chi connectivity index (χ4v) is 11.5. The smallest absolute Gasteiger partial charge is 0.306 e. The Labute approximate surface area is 333 Å². The molecule has 0 amide bonds. The summed E-state index contributed by atoms with van der Waals surface area (Å²) in [5, 5.41) is 11.7. The summed E-state index contributed by atoms with van der Waals surface area (Å²) >= 11 is 0. The van der Waals surface area contributed by atoms with Crippen LogP contribution in [0.4, 0.5) is 0 Å². The van der Waals surface area contributed by atoms with Gasteiger partial charge in [-0.15, -0.1) is 0 Å². The van der Waals surface area contributed by atoms with E-state index in [1.807, 2.05) is 6.08 Å². The minimum Gasteiger partial charge on any atom is -0.460 e. The number of unbranched alkanes of at least 4 members (excludes halogenated alkanes) is 11. The Balaban J connectivity index is 1.17. The van der Waals surface area contributed by atoms with E-state index in [9.17, 15) is 24.3 Å². The fraction of sp³-hybridized carbons (Fsp3) is 0.830. The first-order valence-electron chi connectivity index (χ1n) is 22.4. The minimum atomic E-state index is -0.564. The van der Waals surface area contributed by atoms with Gasteiger partial charge in [0, 0.05) is 37.2 Å².